The highest BCUT2D eigenvalue weighted by Crippen LogP contribution is 1.92. The first-order valence-electron chi connectivity index (χ1n) is 4.11. The molecule has 12 heavy (non-hydrogen) atoms. The SMILES string of the molecule is CC.[B]C(=C)/C=C\C(=C)CNC. The summed E-state index contributed by atoms with van der Waals surface area (Å²) in [6.45, 7) is 12.1. The average molecular weight is 163 g/mol. The van der Waals surface area contributed by atoms with Gasteiger partial charge in [-0.3, -0.25) is 0 Å². The minimum Gasteiger partial charge on any atom is -0.316 e. The molecule has 0 aromatic rings. The van der Waals surface area contributed by atoms with Crippen molar-refractivity contribution in [3.8, 4) is 0 Å². The maximum atomic E-state index is 5.29. The molecule has 0 spiro atoms. The summed E-state index contributed by atoms with van der Waals surface area (Å²) in [7, 11) is 7.17. The Morgan fingerprint density at radius 3 is 2.17 bits per heavy atom. The highest BCUT2D eigenvalue weighted by Gasteiger charge is 1.82. The third-order valence-electron chi connectivity index (χ3n) is 0.937. The van der Waals surface area contributed by atoms with Gasteiger partial charge in [0, 0.05) is 6.54 Å². The Bertz CT molecular complexity index is 159. The van der Waals surface area contributed by atoms with Crippen LogP contribution in [0.2, 0.25) is 0 Å². The zero-order chi connectivity index (χ0) is 9.98. The number of likely N-dealkylation sites (N-methyl/N-ethyl adjacent to an activating group) is 1. The molecule has 0 aromatic heterocycles. The topological polar surface area (TPSA) is 12.0 Å². The predicted octanol–water partition coefficient (Wildman–Crippen LogP) is 2.03. The quantitative estimate of drug-likeness (QED) is 0.493. The minimum absolute atomic E-state index is 0.553. The van der Waals surface area contributed by atoms with Crippen molar-refractivity contribution in [2.24, 2.45) is 0 Å². The molecule has 0 rings (SSSR count). The Labute approximate surface area is 77.7 Å². The number of nitrogens with one attached hydrogen (secondary N) is 1. The van der Waals surface area contributed by atoms with Crippen LogP contribution in [0.1, 0.15) is 13.8 Å². The Kier molecular flexibility index (Phi) is 11.8. The third kappa shape index (κ3) is 12.0. The Morgan fingerprint density at radius 2 is 1.83 bits per heavy atom. The van der Waals surface area contributed by atoms with Gasteiger partial charge in [0.05, 0.1) is 0 Å². The standard InChI is InChI=1S/C8H12BN.C2H6/c1-7(6-10-3)4-5-8(2)9;1-2/h4-5,10H,1-2,6H2,3H3;1-2H3/b5-4-;. The fourth-order valence-electron chi connectivity index (χ4n) is 0.511. The number of hydrogen-bond acceptors (Lipinski definition) is 1. The number of hydrogen-bond donors (Lipinski definition) is 1. The summed E-state index contributed by atoms with van der Waals surface area (Å²) in [5, 5.41) is 2.97. The highest BCUT2D eigenvalue weighted by molar-refractivity contribution is 6.23. The molecule has 0 aromatic carbocycles. The fourth-order valence-corrected chi connectivity index (χ4v) is 0.511. The van der Waals surface area contributed by atoms with E-state index in [9.17, 15) is 0 Å². The van der Waals surface area contributed by atoms with Crippen molar-refractivity contribution >= 4 is 7.85 Å². The van der Waals surface area contributed by atoms with E-state index in [4.69, 9.17) is 7.85 Å². The van der Waals surface area contributed by atoms with Crippen LogP contribution in [-0.4, -0.2) is 21.4 Å². The van der Waals surface area contributed by atoms with Gasteiger partial charge < -0.3 is 5.32 Å². The lowest BCUT2D eigenvalue weighted by Crippen LogP contribution is -2.08. The first kappa shape index (κ1) is 13.8. The number of allylic oxidation sites excluding steroid dienone is 2. The molecule has 0 aliphatic rings. The molecular formula is C10H18BN. The normalized spacial score (nSPS) is 8.92. The van der Waals surface area contributed by atoms with Gasteiger partial charge in [-0.15, -0.1) is 12.1 Å². The van der Waals surface area contributed by atoms with Crippen LogP contribution in [0.5, 0.6) is 0 Å². The summed E-state index contributed by atoms with van der Waals surface area (Å²) in [5.41, 5.74) is 1.55. The molecule has 0 atom stereocenters. The van der Waals surface area contributed by atoms with E-state index in [-0.39, 0.29) is 0 Å². The van der Waals surface area contributed by atoms with E-state index < -0.39 is 0 Å². The van der Waals surface area contributed by atoms with E-state index >= 15 is 0 Å². The molecule has 66 valence electrons. The van der Waals surface area contributed by atoms with Crippen LogP contribution in [0.25, 0.3) is 0 Å². The Hall–Kier alpha value is -0.755. The van der Waals surface area contributed by atoms with Crippen molar-refractivity contribution in [1.29, 1.82) is 0 Å². The molecule has 2 radical (unpaired) electrons. The van der Waals surface area contributed by atoms with E-state index in [0.717, 1.165) is 12.1 Å². The van der Waals surface area contributed by atoms with Gasteiger partial charge in [0.15, 0.2) is 0 Å². The summed E-state index contributed by atoms with van der Waals surface area (Å²) < 4.78 is 0. The van der Waals surface area contributed by atoms with Crippen LogP contribution in [0.15, 0.2) is 36.4 Å². The van der Waals surface area contributed by atoms with Gasteiger partial charge >= 0.3 is 0 Å². The first-order chi connectivity index (χ1) is 5.66. The number of rotatable bonds is 4. The second-order valence-corrected chi connectivity index (χ2v) is 2.10. The fraction of sp³-hybridized carbons (Fsp3) is 0.400. The van der Waals surface area contributed by atoms with Crippen molar-refractivity contribution in [2.45, 2.75) is 13.8 Å². The van der Waals surface area contributed by atoms with E-state index in [1.54, 1.807) is 6.08 Å². The summed E-state index contributed by atoms with van der Waals surface area (Å²) in [6, 6.07) is 0. The molecule has 0 amide bonds. The van der Waals surface area contributed by atoms with E-state index in [1.165, 1.54) is 0 Å². The van der Waals surface area contributed by atoms with E-state index in [2.05, 4.69) is 18.5 Å². The zero-order valence-corrected chi connectivity index (χ0v) is 8.35. The molecule has 1 nitrogen and oxygen atoms in total. The third-order valence-corrected chi connectivity index (χ3v) is 0.937. The summed E-state index contributed by atoms with van der Waals surface area (Å²) >= 11 is 0. The second-order valence-electron chi connectivity index (χ2n) is 2.10. The molecule has 0 unspecified atom stereocenters. The zero-order valence-electron chi connectivity index (χ0n) is 8.35. The average Bonchev–Trinajstić information content (AvgIpc) is 2.05. The van der Waals surface area contributed by atoms with Crippen molar-refractivity contribution in [1.82, 2.24) is 5.32 Å². The van der Waals surface area contributed by atoms with E-state index in [0.29, 0.717) is 5.47 Å². The van der Waals surface area contributed by atoms with Gasteiger partial charge in [-0.1, -0.05) is 32.6 Å². The molecule has 0 bridgehead atoms. The van der Waals surface area contributed by atoms with Gasteiger partial charge in [0.2, 0.25) is 0 Å². The molecule has 0 heterocycles. The Balaban J connectivity index is 0. The molecule has 0 saturated carbocycles. The summed E-state index contributed by atoms with van der Waals surface area (Å²) in [4.78, 5) is 0. The molecule has 0 aliphatic carbocycles. The van der Waals surface area contributed by atoms with Crippen molar-refractivity contribution in [3.05, 3.63) is 36.4 Å². The largest absolute Gasteiger partial charge is 0.316 e. The van der Waals surface area contributed by atoms with Gasteiger partial charge in [-0.25, -0.2) is 0 Å². The van der Waals surface area contributed by atoms with Crippen LogP contribution in [0, 0.1) is 0 Å². The maximum absolute atomic E-state index is 5.29. The van der Waals surface area contributed by atoms with E-state index in [1.807, 2.05) is 27.0 Å². The predicted molar refractivity (Wildman–Crippen MR) is 58.4 cm³/mol. The van der Waals surface area contributed by atoms with Crippen LogP contribution >= 0.6 is 0 Å². The monoisotopic (exact) mass is 163 g/mol. The van der Waals surface area contributed by atoms with Gasteiger partial charge in [-0.05, 0) is 12.6 Å². The van der Waals surface area contributed by atoms with Crippen molar-refractivity contribution < 1.29 is 0 Å². The lowest BCUT2D eigenvalue weighted by Gasteiger charge is -1.95. The van der Waals surface area contributed by atoms with Gasteiger partial charge in [0.25, 0.3) is 0 Å². The first-order valence-corrected chi connectivity index (χ1v) is 4.11. The summed E-state index contributed by atoms with van der Waals surface area (Å²) in [6.07, 6.45) is 3.58. The lowest BCUT2D eigenvalue weighted by molar-refractivity contribution is 0.898. The maximum Gasteiger partial charge on any atom is 0.112 e. The molecule has 0 aliphatic heterocycles. The smallest absolute Gasteiger partial charge is 0.112 e. The lowest BCUT2D eigenvalue weighted by atomic mass is 9.97. The minimum atomic E-state index is 0.553. The molecule has 2 heteroatoms. The van der Waals surface area contributed by atoms with Gasteiger partial charge in [-0.2, -0.15) is 0 Å². The van der Waals surface area contributed by atoms with Crippen molar-refractivity contribution in [2.75, 3.05) is 13.6 Å². The van der Waals surface area contributed by atoms with Gasteiger partial charge in [0.1, 0.15) is 7.85 Å². The molecule has 0 saturated heterocycles. The van der Waals surface area contributed by atoms with Crippen LogP contribution in [-0.2, 0) is 0 Å². The van der Waals surface area contributed by atoms with Crippen LogP contribution in [0.4, 0.5) is 0 Å². The molecule has 0 fully saturated rings. The highest BCUT2D eigenvalue weighted by atomic mass is 14.8. The van der Waals surface area contributed by atoms with Crippen molar-refractivity contribution in [3.63, 3.8) is 0 Å². The summed E-state index contributed by atoms with van der Waals surface area (Å²) in [5.74, 6) is 0. The van der Waals surface area contributed by atoms with Crippen LogP contribution in [0.3, 0.4) is 0 Å². The van der Waals surface area contributed by atoms with Crippen LogP contribution < -0.4 is 5.32 Å². The second kappa shape index (κ2) is 10.2. The Morgan fingerprint density at radius 1 is 1.33 bits per heavy atom. The molecular weight excluding hydrogens is 145 g/mol. The molecule has 1 N–H and O–H groups in total.